The molecule has 0 bridgehead atoms. The van der Waals surface area contributed by atoms with E-state index in [-0.39, 0.29) is 6.79 Å². The normalized spacial score (nSPS) is 11.0. The van der Waals surface area contributed by atoms with Crippen LogP contribution in [-0.4, -0.2) is 18.9 Å². The van der Waals surface area contributed by atoms with Crippen LogP contribution in [0.3, 0.4) is 0 Å². The van der Waals surface area contributed by atoms with Crippen molar-refractivity contribution in [3.8, 4) is 40.9 Å². The first kappa shape index (κ1) is 16.6. The molecule has 2 heterocycles. The molecule has 0 unspecified atom stereocenters. The van der Waals surface area contributed by atoms with Crippen LogP contribution in [0.1, 0.15) is 22.5 Å². The Hall–Kier alpha value is -3.89. The lowest BCUT2D eigenvalue weighted by Gasteiger charge is -1.97. The number of rotatable bonds is 1. The largest absolute Gasteiger partial charge is 0.497 e. The maximum atomic E-state index is 5.37. The van der Waals surface area contributed by atoms with Crippen LogP contribution in [0, 0.1) is 23.7 Å². The molecule has 1 aliphatic heterocycles. The molecule has 130 valence electrons. The predicted octanol–water partition coefficient (Wildman–Crippen LogP) is 3.62. The maximum Gasteiger partial charge on any atom is 0.231 e. The average molecular weight is 353 g/mol. The quantitative estimate of drug-likeness (QED) is 0.627. The van der Waals surface area contributed by atoms with Crippen LogP contribution in [0.15, 0.2) is 60.7 Å². The monoisotopic (exact) mass is 353 g/mol. The Bertz CT molecular complexity index is 1100. The van der Waals surface area contributed by atoms with Crippen LogP contribution in [-0.2, 0) is 0 Å². The van der Waals surface area contributed by atoms with Crippen LogP contribution < -0.4 is 14.2 Å². The fraction of sp³-hybridized carbons (Fsp3) is 0.0870. The van der Waals surface area contributed by atoms with Crippen molar-refractivity contribution in [1.82, 2.24) is 4.98 Å². The van der Waals surface area contributed by atoms with E-state index in [1.807, 2.05) is 60.7 Å². The third-order valence-corrected chi connectivity index (χ3v) is 3.88. The molecule has 0 fully saturated rings. The lowest BCUT2D eigenvalue weighted by Crippen LogP contribution is -1.92. The van der Waals surface area contributed by atoms with Crippen molar-refractivity contribution in [3.63, 3.8) is 0 Å². The van der Waals surface area contributed by atoms with Crippen LogP contribution in [0.25, 0.3) is 0 Å². The second-order valence-corrected chi connectivity index (χ2v) is 5.70. The van der Waals surface area contributed by atoms with Crippen molar-refractivity contribution < 1.29 is 14.2 Å². The van der Waals surface area contributed by atoms with Gasteiger partial charge in [-0.2, -0.15) is 0 Å². The highest BCUT2D eigenvalue weighted by molar-refractivity contribution is 5.51. The second kappa shape index (κ2) is 7.56. The van der Waals surface area contributed by atoms with Crippen molar-refractivity contribution in [1.29, 1.82) is 0 Å². The van der Waals surface area contributed by atoms with E-state index in [1.165, 1.54) is 0 Å². The zero-order valence-corrected chi connectivity index (χ0v) is 14.7. The fourth-order valence-corrected chi connectivity index (χ4v) is 2.49. The SMILES string of the molecule is COc1ccc(C#Cc2cccc(C#Cc3ccc4c(c3)OCO4)n2)cc1. The Morgan fingerprint density at radius 1 is 0.778 bits per heavy atom. The number of methoxy groups -OCH3 is 1. The molecule has 1 aliphatic rings. The molecule has 0 radical (unpaired) electrons. The summed E-state index contributed by atoms with van der Waals surface area (Å²) in [5.74, 6) is 14.6. The molecular weight excluding hydrogens is 338 g/mol. The summed E-state index contributed by atoms with van der Waals surface area (Å²) in [6, 6.07) is 18.8. The highest BCUT2D eigenvalue weighted by Crippen LogP contribution is 2.32. The summed E-state index contributed by atoms with van der Waals surface area (Å²) < 4.78 is 15.8. The van der Waals surface area contributed by atoms with Gasteiger partial charge in [0, 0.05) is 11.1 Å². The molecule has 27 heavy (non-hydrogen) atoms. The molecule has 0 spiro atoms. The number of pyridine rings is 1. The standard InChI is InChI=1S/C23H15NO3/c1-25-21-12-7-17(8-13-21)5-10-19-3-2-4-20(24-19)11-6-18-9-14-22-23(15-18)27-16-26-22/h2-4,7-9,12-15H,16H2,1H3. The number of hydrogen-bond acceptors (Lipinski definition) is 4. The zero-order valence-electron chi connectivity index (χ0n) is 14.7. The average Bonchev–Trinajstić information content (AvgIpc) is 3.19. The van der Waals surface area contributed by atoms with E-state index in [2.05, 4.69) is 28.7 Å². The van der Waals surface area contributed by atoms with E-state index in [1.54, 1.807) is 7.11 Å². The summed E-state index contributed by atoms with van der Waals surface area (Å²) in [4.78, 5) is 4.48. The molecule has 0 N–H and O–H groups in total. The van der Waals surface area contributed by atoms with E-state index in [4.69, 9.17) is 14.2 Å². The molecule has 4 heteroatoms. The molecule has 3 aromatic rings. The number of nitrogens with zero attached hydrogens (tertiary/aromatic N) is 1. The van der Waals surface area contributed by atoms with E-state index < -0.39 is 0 Å². The van der Waals surface area contributed by atoms with E-state index in [9.17, 15) is 0 Å². The first-order valence-electron chi connectivity index (χ1n) is 8.35. The molecule has 0 saturated heterocycles. The Morgan fingerprint density at radius 3 is 2.19 bits per heavy atom. The summed E-state index contributed by atoms with van der Waals surface area (Å²) in [6.45, 7) is 0.253. The van der Waals surface area contributed by atoms with Gasteiger partial charge in [-0.3, -0.25) is 0 Å². The highest BCUT2D eigenvalue weighted by atomic mass is 16.7. The molecule has 0 amide bonds. The van der Waals surface area contributed by atoms with E-state index in [0.717, 1.165) is 22.6 Å². The minimum absolute atomic E-state index is 0.253. The van der Waals surface area contributed by atoms with Crippen molar-refractivity contribution >= 4 is 0 Å². The summed E-state index contributed by atoms with van der Waals surface area (Å²) in [5.41, 5.74) is 3.07. The Balaban J connectivity index is 1.52. The lowest BCUT2D eigenvalue weighted by molar-refractivity contribution is 0.174. The van der Waals surface area contributed by atoms with Crippen molar-refractivity contribution in [3.05, 3.63) is 83.2 Å². The fourth-order valence-electron chi connectivity index (χ4n) is 2.49. The molecule has 4 nitrogen and oxygen atoms in total. The number of benzene rings is 2. The summed E-state index contributed by atoms with van der Waals surface area (Å²) >= 11 is 0. The Kier molecular flexibility index (Phi) is 4.64. The topological polar surface area (TPSA) is 40.6 Å². The molecule has 0 atom stereocenters. The number of aromatic nitrogens is 1. The van der Waals surface area contributed by atoms with Crippen molar-refractivity contribution in [2.75, 3.05) is 13.9 Å². The van der Waals surface area contributed by atoms with Gasteiger partial charge in [-0.15, -0.1) is 0 Å². The summed E-state index contributed by atoms with van der Waals surface area (Å²) in [6.07, 6.45) is 0. The van der Waals surface area contributed by atoms with Gasteiger partial charge in [0.25, 0.3) is 0 Å². The minimum atomic E-state index is 0.253. The van der Waals surface area contributed by atoms with Gasteiger partial charge in [0.2, 0.25) is 6.79 Å². The second-order valence-electron chi connectivity index (χ2n) is 5.70. The van der Waals surface area contributed by atoms with Crippen molar-refractivity contribution in [2.24, 2.45) is 0 Å². The number of hydrogen-bond donors (Lipinski definition) is 0. The van der Waals surface area contributed by atoms with Gasteiger partial charge in [0.05, 0.1) is 7.11 Å². The molecule has 2 aromatic carbocycles. The van der Waals surface area contributed by atoms with Crippen LogP contribution in [0.2, 0.25) is 0 Å². The van der Waals surface area contributed by atoms with Gasteiger partial charge in [-0.05, 0) is 66.4 Å². The number of ether oxygens (including phenoxy) is 3. The predicted molar refractivity (Wildman–Crippen MR) is 102 cm³/mol. The van der Waals surface area contributed by atoms with Gasteiger partial charge in [0.1, 0.15) is 17.1 Å². The lowest BCUT2D eigenvalue weighted by atomic mass is 10.2. The van der Waals surface area contributed by atoms with Crippen molar-refractivity contribution in [2.45, 2.75) is 0 Å². The van der Waals surface area contributed by atoms with Gasteiger partial charge in [-0.25, -0.2) is 4.98 Å². The smallest absolute Gasteiger partial charge is 0.231 e. The third-order valence-electron chi connectivity index (χ3n) is 3.88. The van der Waals surface area contributed by atoms with Gasteiger partial charge >= 0.3 is 0 Å². The number of fused-ring (bicyclic) bond motifs is 1. The van der Waals surface area contributed by atoms with Gasteiger partial charge in [-0.1, -0.05) is 17.9 Å². The zero-order chi connectivity index (χ0) is 18.5. The van der Waals surface area contributed by atoms with Crippen LogP contribution >= 0.6 is 0 Å². The molecular formula is C23H15NO3. The van der Waals surface area contributed by atoms with E-state index in [0.29, 0.717) is 17.1 Å². The van der Waals surface area contributed by atoms with Crippen LogP contribution in [0.5, 0.6) is 17.2 Å². The minimum Gasteiger partial charge on any atom is -0.497 e. The Labute approximate surface area is 157 Å². The highest BCUT2D eigenvalue weighted by Gasteiger charge is 2.12. The molecule has 0 aliphatic carbocycles. The molecule has 1 aromatic heterocycles. The third kappa shape index (κ3) is 4.03. The molecule has 4 rings (SSSR count). The summed E-state index contributed by atoms with van der Waals surface area (Å²) in [5, 5.41) is 0. The summed E-state index contributed by atoms with van der Waals surface area (Å²) in [7, 11) is 1.64. The van der Waals surface area contributed by atoms with Crippen LogP contribution in [0.4, 0.5) is 0 Å². The molecule has 0 saturated carbocycles. The van der Waals surface area contributed by atoms with Gasteiger partial charge in [0.15, 0.2) is 11.5 Å². The van der Waals surface area contributed by atoms with E-state index >= 15 is 0 Å². The maximum absolute atomic E-state index is 5.37. The Morgan fingerprint density at radius 2 is 1.44 bits per heavy atom. The first-order valence-corrected chi connectivity index (χ1v) is 8.35. The first-order chi connectivity index (χ1) is 13.3. The van der Waals surface area contributed by atoms with Gasteiger partial charge < -0.3 is 14.2 Å².